The van der Waals surface area contributed by atoms with Crippen LogP contribution in [0.4, 0.5) is 0 Å². The van der Waals surface area contributed by atoms with Gasteiger partial charge in [-0.05, 0) is 12.1 Å². The van der Waals surface area contributed by atoms with Crippen molar-refractivity contribution in [3.05, 3.63) is 29.0 Å². The predicted molar refractivity (Wildman–Crippen MR) is 41.1 cm³/mol. The van der Waals surface area contributed by atoms with Crippen LogP contribution in [0.15, 0.2) is 16.5 Å². The van der Waals surface area contributed by atoms with E-state index < -0.39 is 0 Å². The standard InChI is InChI=1S/C8H12NO.Cs/c1-3-7-4-5-8(10-7)6-9-2;/h4-5H,3,6H2,1-2H3;/q-1;+1. The van der Waals surface area contributed by atoms with Crippen LogP contribution in [0.3, 0.4) is 0 Å². The SMILES string of the molecule is CCc1ccc(C[N-]C)o1.[Cs+]. The van der Waals surface area contributed by atoms with E-state index in [0.717, 1.165) is 17.9 Å². The van der Waals surface area contributed by atoms with Gasteiger partial charge in [-0.15, -0.1) is 0 Å². The summed E-state index contributed by atoms with van der Waals surface area (Å²) in [5.74, 6) is 2.00. The Kier molecular flexibility index (Phi) is 7.57. The molecule has 0 amide bonds. The van der Waals surface area contributed by atoms with Crippen LogP contribution in [0.2, 0.25) is 0 Å². The molecule has 3 heteroatoms. The molecule has 0 aliphatic rings. The van der Waals surface area contributed by atoms with Crippen LogP contribution in [-0.2, 0) is 13.0 Å². The number of rotatable bonds is 3. The molecule has 2 nitrogen and oxygen atoms in total. The zero-order valence-corrected chi connectivity index (χ0v) is 13.7. The minimum atomic E-state index is 0. The zero-order valence-electron chi connectivity index (χ0n) is 7.42. The van der Waals surface area contributed by atoms with Crippen molar-refractivity contribution in [1.29, 1.82) is 0 Å². The first-order chi connectivity index (χ1) is 4.86. The van der Waals surface area contributed by atoms with Crippen LogP contribution in [0.1, 0.15) is 18.4 Å². The molecule has 0 bridgehead atoms. The summed E-state index contributed by atoms with van der Waals surface area (Å²) in [7, 11) is 1.79. The Morgan fingerprint density at radius 1 is 1.36 bits per heavy atom. The first-order valence-electron chi connectivity index (χ1n) is 3.50. The minimum Gasteiger partial charge on any atom is -0.659 e. The molecule has 1 aromatic heterocycles. The third kappa shape index (κ3) is 4.17. The molecule has 0 aromatic carbocycles. The van der Waals surface area contributed by atoms with E-state index in [0.29, 0.717) is 6.54 Å². The number of aryl methyl sites for hydroxylation is 1. The van der Waals surface area contributed by atoms with Crippen LogP contribution in [0.5, 0.6) is 0 Å². The maximum Gasteiger partial charge on any atom is 1.00 e. The maximum absolute atomic E-state index is 5.38. The average Bonchev–Trinajstić information content (AvgIpc) is 2.37. The molecule has 1 rings (SSSR count). The van der Waals surface area contributed by atoms with Gasteiger partial charge < -0.3 is 9.73 Å². The van der Waals surface area contributed by atoms with Gasteiger partial charge in [0, 0.05) is 6.42 Å². The summed E-state index contributed by atoms with van der Waals surface area (Å²) in [4.78, 5) is 0. The van der Waals surface area contributed by atoms with E-state index in [1.807, 2.05) is 12.1 Å². The predicted octanol–water partition coefficient (Wildman–Crippen LogP) is -0.650. The van der Waals surface area contributed by atoms with E-state index in [9.17, 15) is 0 Å². The van der Waals surface area contributed by atoms with Crippen molar-refractivity contribution >= 4 is 0 Å². The second-order valence-electron chi connectivity index (χ2n) is 2.20. The summed E-state index contributed by atoms with van der Waals surface area (Å²) in [6, 6.07) is 3.98. The van der Waals surface area contributed by atoms with E-state index in [4.69, 9.17) is 4.42 Å². The third-order valence-electron chi connectivity index (χ3n) is 1.38. The molecule has 0 aliphatic carbocycles. The van der Waals surface area contributed by atoms with Crippen molar-refractivity contribution in [1.82, 2.24) is 0 Å². The van der Waals surface area contributed by atoms with Gasteiger partial charge in [0.15, 0.2) is 0 Å². The van der Waals surface area contributed by atoms with Crippen molar-refractivity contribution in [3.8, 4) is 0 Å². The first-order valence-corrected chi connectivity index (χ1v) is 3.50. The second-order valence-corrected chi connectivity index (χ2v) is 2.20. The van der Waals surface area contributed by atoms with Crippen LogP contribution in [-0.4, -0.2) is 7.05 Å². The fourth-order valence-corrected chi connectivity index (χ4v) is 0.853. The number of furan rings is 1. The quantitative estimate of drug-likeness (QED) is 0.717. The summed E-state index contributed by atoms with van der Waals surface area (Å²) < 4.78 is 5.38. The average molecular weight is 271 g/mol. The van der Waals surface area contributed by atoms with Crippen molar-refractivity contribution in [2.75, 3.05) is 7.05 Å². The van der Waals surface area contributed by atoms with Gasteiger partial charge in [-0.1, -0.05) is 13.5 Å². The van der Waals surface area contributed by atoms with Gasteiger partial charge in [0.25, 0.3) is 0 Å². The number of hydrogen-bond donors (Lipinski definition) is 0. The molecule has 0 atom stereocenters. The molecular weight excluding hydrogens is 259 g/mol. The zero-order chi connectivity index (χ0) is 7.40. The molecule has 0 saturated heterocycles. The number of hydrogen-bond acceptors (Lipinski definition) is 1. The Bertz CT molecular complexity index is 198. The molecule has 0 N–H and O–H groups in total. The van der Waals surface area contributed by atoms with Gasteiger partial charge in [0.2, 0.25) is 0 Å². The molecule has 1 heterocycles. The second kappa shape index (κ2) is 6.77. The van der Waals surface area contributed by atoms with E-state index in [-0.39, 0.29) is 68.9 Å². The maximum atomic E-state index is 5.38. The van der Waals surface area contributed by atoms with Crippen LogP contribution < -0.4 is 68.9 Å². The van der Waals surface area contributed by atoms with Gasteiger partial charge >= 0.3 is 68.9 Å². The normalized spacial score (nSPS) is 9.27. The number of nitrogens with zero attached hydrogens (tertiary/aromatic N) is 1. The van der Waals surface area contributed by atoms with E-state index in [1.165, 1.54) is 0 Å². The molecule has 0 spiro atoms. The van der Waals surface area contributed by atoms with Gasteiger partial charge in [-0.2, -0.15) is 7.05 Å². The largest absolute Gasteiger partial charge is 1.00 e. The van der Waals surface area contributed by atoms with Crippen LogP contribution in [0.25, 0.3) is 5.32 Å². The Morgan fingerprint density at radius 2 is 2.00 bits per heavy atom. The first kappa shape index (κ1) is 12.3. The molecule has 11 heavy (non-hydrogen) atoms. The fraction of sp³-hybridized carbons (Fsp3) is 0.500. The van der Waals surface area contributed by atoms with E-state index >= 15 is 0 Å². The van der Waals surface area contributed by atoms with Crippen molar-refractivity contribution < 1.29 is 73.3 Å². The smallest absolute Gasteiger partial charge is 0.659 e. The van der Waals surface area contributed by atoms with Crippen LogP contribution >= 0.6 is 0 Å². The molecule has 0 aliphatic heterocycles. The Hall–Kier alpha value is 1.29. The molecular formula is C8H12CsNO. The summed E-state index contributed by atoms with van der Waals surface area (Å²) in [6.07, 6.45) is 0.962. The summed E-state index contributed by atoms with van der Waals surface area (Å²) in [5, 5.41) is 3.96. The summed E-state index contributed by atoms with van der Waals surface area (Å²) >= 11 is 0. The molecule has 0 fully saturated rings. The minimum absolute atomic E-state index is 0. The summed E-state index contributed by atoms with van der Waals surface area (Å²) in [6.45, 7) is 2.77. The van der Waals surface area contributed by atoms with E-state index in [2.05, 4.69) is 12.2 Å². The van der Waals surface area contributed by atoms with E-state index in [1.54, 1.807) is 7.05 Å². The Morgan fingerprint density at radius 3 is 2.45 bits per heavy atom. The Balaban J connectivity index is 0.000001000. The molecule has 56 valence electrons. The molecule has 0 saturated carbocycles. The van der Waals surface area contributed by atoms with Crippen molar-refractivity contribution in [3.63, 3.8) is 0 Å². The van der Waals surface area contributed by atoms with Crippen molar-refractivity contribution in [2.45, 2.75) is 19.9 Å². The Labute approximate surface area is 127 Å². The monoisotopic (exact) mass is 271 g/mol. The summed E-state index contributed by atoms with van der Waals surface area (Å²) in [5.41, 5.74) is 0. The third-order valence-corrected chi connectivity index (χ3v) is 1.38. The van der Waals surface area contributed by atoms with Gasteiger partial charge in [0.05, 0.1) is 5.76 Å². The van der Waals surface area contributed by atoms with Gasteiger partial charge in [-0.25, -0.2) is 0 Å². The van der Waals surface area contributed by atoms with Crippen LogP contribution in [0, 0.1) is 0 Å². The fourth-order valence-electron chi connectivity index (χ4n) is 0.853. The molecule has 0 unspecified atom stereocenters. The topological polar surface area (TPSA) is 27.2 Å². The molecule has 1 aromatic rings. The van der Waals surface area contributed by atoms with Crippen molar-refractivity contribution in [2.24, 2.45) is 0 Å². The van der Waals surface area contributed by atoms with Gasteiger partial charge in [0.1, 0.15) is 5.76 Å². The molecule has 0 radical (unpaired) electrons. The van der Waals surface area contributed by atoms with Gasteiger partial charge in [-0.3, -0.25) is 0 Å².